The molecule has 0 saturated carbocycles. The van der Waals surface area contributed by atoms with Gasteiger partial charge in [0.1, 0.15) is 22.5 Å². The first kappa shape index (κ1) is 18.8. The Hall–Kier alpha value is -2.52. The molecule has 0 spiro atoms. The van der Waals surface area contributed by atoms with Crippen molar-refractivity contribution in [3.05, 3.63) is 82.6 Å². The number of aryl methyl sites for hydroxylation is 1. The topological polar surface area (TPSA) is 0 Å². The van der Waals surface area contributed by atoms with Gasteiger partial charge in [0.15, 0.2) is 0 Å². The highest BCUT2D eigenvalue weighted by Gasteiger charge is 2.15. The van der Waals surface area contributed by atoms with E-state index in [1.54, 1.807) is 18.2 Å². The highest BCUT2D eigenvalue weighted by Crippen LogP contribution is 2.35. The van der Waals surface area contributed by atoms with E-state index in [0.29, 0.717) is 5.39 Å². The van der Waals surface area contributed by atoms with Gasteiger partial charge in [-0.1, -0.05) is 67.4 Å². The number of halogens is 4. The van der Waals surface area contributed by atoms with Gasteiger partial charge in [0, 0.05) is 10.9 Å². The summed E-state index contributed by atoms with van der Waals surface area (Å²) in [7, 11) is 0. The number of hydrogen-bond acceptors (Lipinski definition) is 0. The van der Waals surface area contributed by atoms with Crippen LogP contribution in [-0.2, 0) is 6.42 Å². The van der Waals surface area contributed by atoms with Gasteiger partial charge in [0.25, 0.3) is 0 Å². The third-order valence-corrected chi connectivity index (χ3v) is 5.49. The van der Waals surface area contributed by atoms with Gasteiger partial charge in [-0.2, -0.15) is 0 Å². The van der Waals surface area contributed by atoms with Crippen molar-refractivity contribution in [1.82, 2.24) is 0 Å². The van der Waals surface area contributed by atoms with Crippen LogP contribution in [-0.4, -0.2) is 0 Å². The van der Waals surface area contributed by atoms with Crippen LogP contribution in [0.4, 0.5) is 13.2 Å². The summed E-state index contributed by atoms with van der Waals surface area (Å²) in [5.41, 5.74) is 1.52. The number of unbranched alkanes of at least 4 members (excludes halogenated alkanes) is 1. The molecule has 4 rings (SSSR count). The molecule has 0 aliphatic rings. The predicted molar refractivity (Wildman–Crippen MR) is 110 cm³/mol. The van der Waals surface area contributed by atoms with E-state index < -0.39 is 22.5 Å². The number of fused-ring (bicyclic) bond motifs is 3. The van der Waals surface area contributed by atoms with Gasteiger partial charge in [-0.25, -0.2) is 13.2 Å². The standard InChI is InChI=1S/C24H18ClF3/c1-2-3-4-14-5-7-17-15(11-14)6-8-20-19(17)10-9-18(24(20)28)16-12-21(26)23(25)22(27)13-16/h5-13H,2-4H2,1H3. The van der Waals surface area contributed by atoms with Gasteiger partial charge >= 0.3 is 0 Å². The lowest BCUT2D eigenvalue weighted by molar-refractivity contribution is 0.584. The Morgan fingerprint density at radius 1 is 0.786 bits per heavy atom. The molecular weight excluding hydrogens is 381 g/mol. The molecule has 0 fully saturated rings. The molecule has 0 saturated heterocycles. The van der Waals surface area contributed by atoms with Crippen LogP contribution in [0.3, 0.4) is 0 Å². The number of hydrogen-bond donors (Lipinski definition) is 0. The third kappa shape index (κ3) is 3.24. The Kier molecular flexibility index (Phi) is 5.03. The molecule has 142 valence electrons. The van der Waals surface area contributed by atoms with Gasteiger partial charge in [0.05, 0.1) is 0 Å². The van der Waals surface area contributed by atoms with E-state index in [4.69, 9.17) is 11.6 Å². The zero-order valence-corrected chi connectivity index (χ0v) is 16.1. The SMILES string of the molecule is CCCCc1ccc2c(ccc3c(F)c(-c4cc(F)c(Cl)c(F)c4)ccc32)c1. The van der Waals surface area contributed by atoms with Crippen LogP contribution in [0.1, 0.15) is 25.3 Å². The maximum Gasteiger partial charge on any atom is 0.145 e. The highest BCUT2D eigenvalue weighted by atomic mass is 35.5. The maximum atomic E-state index is 15.2. The molecule has 0 unspecified atom stereocenters. The molecule has 4 aromatic rings. The van der Waals surface area contributed by atoms with Crippen molar-refractivity contribution >= 4 is 33.1 Å². The lowest BCUT2D eigenvalue weighted by atomic mass is 9.95. The second-order valence-electron chi connectivity index (χ2n) is 7.00. The van der Waals surface area contributed by atoms with Gasteiger partial charge in [-0.15, -0.1) is 0 Å². The van der Waals surface area contributed by atoms with Crippen LogP contribution in [0.25, 0.3) is 32.7 Å². The summed E-state index contributed by atoms with van der Waals surface area (Å²) in [4.78, 5) is 0. The van der Waals surface area contributed by atoms with Crippen molar-refractivity contribution in [3.8, 4) is 11.1 Å². The molecule has 0 bridgehead atoms. The van der Waals surface area contributed by atoms with Crippen LogP contribution in [0.2, 0.25) is 5.02 Å². The van der Waals surface area contributed by atoms with Gasteiger partial charge in [-0.3, -0.25) is 0 Å². The monoisotopic (exact) mass is 398 g/mol. The van der Waals surface area contributed by atoms with Crippen molar-refractivity contribution in [3.63, 3.8) is 0 Å². The van der Waals surface area contributed by atoms with Crippen LogP contribution in [0.15, 0.2) is 54.6 Å². The van der Waals surface area contributed by atoms with E-state index in [1.807, 2.05) is 12.1 Å². The van der Waals surface area contributed by atoms with E-state index in [2.05, 4.69) is 19.1 Å². The van der Waals surface area contributed by atoms with Crippen LogP contribution in [0, 0.1) is 17.5 Å². The summed E-state index contributed by atoms with van der Waals surface area (Å²) in [5, 5.41) is 2.61. The molecule has 0 amide bonds. The zero-order chi connectivity index (χ0) is 19.8. The summed E-state index contributed by atoms with van der Waals surface area (Å²) in [6.07, 6.45) is 3.28. The van der Waals surface area contributed by atoms with Gasteiger partial charge in [-0.05, 0) is 52.3 Å². The van der Waals surface area contributed by atoms with Crippen LogP contribution >= 0.6 is 11.6 Å². The molecule has 0 heterocycles. The van der Waals surface area contributed by atoms with Crippen molar-refractivity contribution < 1.29 is 13.2 Å². The molecule has 0 N–H and O–H groups in total. The van der Waals surface area contributed by atoms with E-state index in [1.165, 1.54) is 5.56 Å². The van der Waals surface area contributed by atoms with E-state index >= 15 is 4.39 Å². The summed E-state index contributed by atoms with van der Waals surface area (Å²) >= 11 is 5.54. The fourth-order valence-electron chi connectivity index (χ4n) is 3.63. The molecule has 0 aliphatic carbocycles. The molecule has 4 aromatic carbocycles. The minimum Gasteiger partial charge on any atom is -0.206 e. The summed E-state index contributed by atoms with van der Waals surface area (Å²) in [6, 6.07) is 15.3. The fourth-order valence-corrected chi connectivity index (χ4v) is 3.74. The number of rotatable bonds is 4. The lowest BCUT2D eigenvalue weighted by Gasteiger charge is -2.11. The first-order chi connectivity index (χ1) is 13.5. The van der Waals surface area contributed by atoms with Gasteiger partial charge < -0.3 is 0 Å². The smallest absolute Gasteiger partial charge is 0.145 e. The Balaban J connectivity index is 1.87. The third-order valence-electron chi connectivity index (χ3n) is 5.13. The quantitative estimate of drug-likeness (QED) is 0.241. The number of benzene rings is 4. The molecule has 0 aliphatic heterocycles. The van der Waals surface area contributed by atoms with Crippen molar-refractivity contribution in [2.75, 3.05) is 0 Å². The van der Waals surface area contributed by atoms with Crippen molar-refractivity contribution in [2.24, 2.45) is 0 Å². The van der Waals surface area contributed by atoms with Crippen LogP contribution < -0.4 is 0 Å². The Morgan fingerprint density at radius 3 is 2.18 bits per heavy atom. The average Bonchev–Trinajstić information content (AvgIpc) is 2.70. The first-order valence-electron chi connectivity index (χ1n) is 9.28. The molecule has 0 aromatic heterocycles. The molecule has 4 heteroatoms. The second kappa shape index (κ2) is 7.48. The maximum absolute atomic E-state index is 15.2. The summed E-state index contributed by atoms with van der Waals surface area (Å²) in [6.45, 7) is 2.16. The minimum absolute atomic E-state index is 0.119. The predicted octanol–water partition coefficient (Wildman–Crippen LogP) is 8.07. The normalized spacial score (nSPS) is 11.5. The van der Waals surface area contributed by atoms with E-state index in [-0.39, 0.29) is 11.1 Å². The Labute approximate surface area is 166 Å². The van der Waals surface area contributed by atoms with Crippen molar-refractivity contribution in [2.45, 2.75) is 26.2 Å². The fraction of sp³-hybridized carbons (Fsp3) is 0.167. The van der Waals surface area contributed by atoms with E-state index in [9.17, 15) is 8.78 Å². The minimum atomic E-state index is -0.908. The lowest BCUT2D eigenvalue weighted by Crippen LogP contribution is -1.92. The Bertz CT molecular complexity index is 1170. The molecular formula is C24H18ClF3. The molecule has 0 radical (unpaired) electrons. The van der Waals surface area contributed by atoms with Crippen LogP contribution in [0.5, 0.6) is 0 Å². The van der Waals surface area contributed by atoms with E-state index in [0.717, 1.165) is 47.6 Å². The summed E-state index contributed by atoms with van der Waals surface area (Å²) in [5.74, 6) is -2.32. The Morgan fingerprint density at radius 2 is 1.46 bits per heavy atom. The highest BCUT2D eigenvalue weighted by molar-refractivity contribution is 6.31. The average molecular weight is 399 g/mol. The molecule has 0 nitrogen and oxygen atoms in total. The molecule has 28 heavy (non-hydrogen) atoms. The van der Waals surface area contributed by atoms with Gasteiger partial charge in [0.2, 0.25) is 0 Å². The summed E-state index contributed by atoms with van der Waals surface area (Å²) < 4.78 is 42.8. The van der Waals surface area contributed by atoms with Crippen molar-refractivity contribution in [1.29, 1.82) is 0 Å². The zero-order valence-electron chi connectivity index (χ0n) is 15.3. The second-order valence-corrected chi connectivity index (χ2v) is 7.38. The first-order valence-corrected chi connectivity index (χ1v) is 9.66. The largest absolute Gasteiger partial charge is 0.206 e. The molecule has 0 atom stereocenters.